The summed E-state index contributed by atoms with van der Waals surface area (Å²) in [5.74, 6) is 0. The van der Waals surface area contributed by atoms with E-state index in [-0.39, 0.29) is 0 Å². The second-order valence-corrected chi connectivity index (χ2v) is 5.65. The lowest BCUT2D eigenvalue weighted by Crippen LogP contribution is -2.21. The van der Waals surface area contributed by atoms with Crippen molar-refractivity contribution in [3.8, 4) is 5.69 Å². The number of aromatic nitrogens is 3. The number of rotatable bonds is 1. The molecular formula is C15H11N3O2S. The summed E-state index contributed by atoms with van der Waals surface area (Å²) in [7, 11) is 0. The zero-order chi connectivity index (χ0) is 14.6. The van der Waals surface area contributed by atoms with Crippen LogP contribution in [-0.2, 0) is 0 Å². The molecule has 0 spiro atoms. The molecule has 6 heteroatoms. The van der Waals surface area contributed by atoms with Crippen LogP contribution in [0, 0.1) is 6.92 Å². The smallest absolute Gasteiger partial charge is 0.287 e. The minimum absolute atomic E-state index is 0.414. The van der Waals surface area contributed by atoms with Crippen LogP contribution in [0.4, 0.5) is 0 Å². The van der Waals surface area contributed by atoms with Crippen LogP contribution in [0.1, 0.15) is 5.56 Å². The molecule has 0 unspecified atom stereocenters. The maximum Gasteiger partial charge on any atom is 0.287 e. The maximum atomic E-state index is 12.0. The minimum atomic E-state index is -0.414. The van der Waals surface area contributed by atoms with E-state index in [0.29, 0.717) is 10.3 Å². The van der Waals surface area contributed by atoms with Crippen molar-refractivity contribution in [3.63, 3.8) is 0 Å². The van der Waals surface area contributed by atoms with Gasteiger partial charge >= 0.3 is 0 Å². The third-order valence-corrected chi connectivity index (χ3v) is 4.50. The van der Waals surface area contributed by atoms with Gasteiger partial charge in [-0.15, -0.1) is 0 Å². The number of pyridine rings is 1. The number of nitrogens with zero attached hydrogens (tertiary/aromatic N) is 3. The number of para-hydroxylation sites is 1. The van der Waals surface area contributed by atoms with E-state index >= 15 is 0 Å². The number of hydrogen-bond donors (Lipinski definition) is 1. The summed E-state index contributed by atoms with van der Waals surface area (Å²) in [6.07, 6.45) is 3.22. The molecule has 0 bridgehead atoms. The minimum Gasteiger partial charge on any atom is -0.425 e. The second kappa shape index (κ2) is 4.20. The van der Waals surface area contributed by atoms with Crippen LogP contribution in [0.2, 0.25) is 0 Å². The van der Waals surface area contributed by atoms with Crippen molar-refractivity contribution >= 4 is 32.7 Å². The Morgan fingerprint density at radius 3 is 2.86 bits per heavy atom. The summed E-state index contributed by atoms with van der Waals surface area (Å²) >= 11 is 1.39. The maximum absolute atomic E-state index is 12.0. The molecule has 0 aliphatic rings. The van der Waals surface area contributed by atoms with Crippen molar-refractivity contribution in [2.75, 3.05) is 0 Å². The predicted octanol–water partition coefficient (Wildman–Crippen LogP) is 2.95. The van der Waals surface area contributed by atoms with Crippen molar-refractivity contribution in [2.24, 2.45) is 0 Å². The lowest BCUT2D eigenvalue weighted by Gasteiger charge is -2.10. The van der Waals surface area contributed by atoms with E-state index < -0.39 is 5.56 Å². The van der Waals surface area contributed by atoms with Gasteiger partial charge in [0.15, 0.2) is 0 Å². The Bertz CT molecular complexity index is 1040. The molecule has 104 valence electrons. The van der Waals surface area contributed by atoms with Gasteiger partial charge in [0.05, 0.1) is 17.4 Å². The van der Waals surface area contributed by atoms with Crippen LogP contribution in [-0.4, -0.2) is 18.9 Å². The molecule has 5 nitrogen and oxygen atoms in total. The topological polar surface area (TPSA) is 60.1 Å². The summed E-state index contributed by atoms with van der Waals surface area (Å²) < 4.78 is 6.89. The largest absolute Gasteiger partial charge is 0.425 e. The third kappa shape index (κ3) is 1.56. The highest BCUT2D eigenvalue weighted by Crippen LogP contribution is 2.34. The Morgan fingerprint density at radius 2 is 2.00 bits per heavy atom. The van der Waals surface area contributed by atoms with Gasteiger partial charge < -0.3 is 5.21 Å². The summed E-state index contributed by atoms with van der Waals surface area (Å²) in [6.45, 7) is 1.71. The Balaban J connectivity index is 2.21. The SMILES string of the molecule is Cc1c(-n2c3ccccc3c3cnsc32)ccn(O)c1=O. The van der Waals surface area contributed by atoms with E-state index in [0.717, 1.165) is 26.8 Å². The monoisotopic (exact) mass is 297 g/mol. The molecule has 1 aromatic carbocycles. The molecule has 0 fully saturated rings. The average molecular weight is 297 g/mol. The molecule has 0 aliphatic carbocycles. The van der Waals surface area contributed by atoms with Gasteiger partial charge in [-0.3, -0.25) is 9.36 Å². The zero-order valence-electron chi connectivity index (χ0n) is 11.1. The van der Waals surface area contributed by atoms with E-state index in [4.69, 9.17) is 0 Å². The zero-order valence-corrected chi connectivity index (χ0v) is 12.0. The highest BCUT2D eigenvalue weighted by atomic mass is 32.1. The summed E-state index contributed by atoms with van der Waals surface area (Å²) in [5.41, 5.74) is 1.87. The molecule has 0 radical (unpaired) electrons. The van der Waals surface area contributed by atoms with E-state index in [9.17, 15) is 10.0 Å². The van der Waals surface area contributed by atoms with Crippen LogP contribution >= 0.6 is 11.5 Å². The van der Waals surface area contributed by atoms with Gasteiger partial charge in [-0.1, -0.05) is 18.2 Å². The summed E-state index contributed by atoms with van der Waals surface area (Å²) in [6, 6.07) is 9.76. The highest BCUT2D eigenvalue weighted by molar-refractivity contribution is 7.13. The third-order valence-electron chi connectivity index (χ3n) is 3.72. The van der Waals surface area contributed by atoms with Gasteiger partial charge in [0.2, 0.25) is 0 Å². The van der Waals surface area contributed by atoms with Crippen molar-refractivity contribution in [3.05, 3.63) is 58.6 Å². The quantitative estimate of drug-likeness (QED) is 0.549. The van der Waals surface area contributed by atoms with Gasteiger partial charge in [-0.25, -0.2) is 0 Å². The van der Waals surface area contributed by atoms with Crippen molar-refractivity contribution in [2.45, 2.75) is 6.92 Å². The van der Waals surface area contributed by atoms with Crippen LogP contribution in [0.3, 0.4) is 0 Å². The molecule has 0 aliphatic heterocycles. The first-order valence-corrected chi connectivity index (χ1v) is 7.21. The number of fused-ring (bicyclic) bond motifs is 3. The van der Waals surface area contributed by atoms with E-state index in [1.807, 2.05) is 35.0 Å². The Kier molecular flexibility index (Phi) is 2.43. The molecule has 0 atom stereocenters. The van der Waals surface area contributed by atoms with Crippen molar-refractivity contribution in [1.82, 2.24) is 13.7 Å². The molecule has 1 N–H and O–H groups in total. The van der Waals surface area contributed by atoms with Gasteiger partial charge in [-0.05, 0) is 30.6 Å². The lowest BCUT2D eigenvalue weighted by atomic mass is 10.2. The van der Waals surface area contributed by atoms with Gasteiger partial charge in [-0.2, -0.15) is 9.10 Å². The lowest BCUT2D eigenvalue weighted by molar-refractivity contribution is 0.174. The van der Waals surface area contributed by atoms with Crippen molar-refractivity contribution < 1.29 is 5.21 Å². The fourth-order valence-electron chi connectivity index (χ4n) is 2.68. The van der Waals surface area contributed by atoms with E-state index in [2.05, 4.69) is 4.37 Å². The van der Waals surface area contributed by atoms with Gasteiger partial charge in [0, 0.05) is 22.5 Å². The number of hydrogen-bond acceptors (Lipinski definition) is 4. The molecule has 3 aromatic heterocycles. The molecule has 4 aromatic rings. The van der Waals surface area contributed by atoms with E-state index in [1.165, 1.54) is 17.7 Å². The first-order chi connectivity index (χ1) is 10.2. The standard InChI is InChI=1S/C15H11N3O2S/c1-9-12(6-7-17(20)14(9)19)18-13-5-3-2-4-10(13)11-8-16-21-15(11)18/h2-8,20H,1H3. The van der Waals surface area contributed by atoms with E-state index in [1.54, 1.807) is 13.0 Å². The second-order valence-electron chi connectivity index (χ2n) is 4.87. The Morgan fingerprint density at radius 1 is 1.19 bits per heavy atom. The molecule has 0 amide bonds. The summed E-state index contributed by atoms with van der Waals surface area (Å²) in [4.78, 5) is 13.0. The Hall–Kier alpha value is -2.60. The van der Waals surface area contributed by atoms with Gasteiger partial charge in [0.25, 0.3) is 5.56 Å². The normalized spacial score (nSPS) is 11.5. The fourth-order valence-corrected chi connectivity index (χ4v) is 3.48. The molecule has 3 heterocycles. The summed E-state index contributed by atoms with van der Waals surface area (Å²) in [5, 5.41) is 11.7. The fraction of sp³-hybridized carbons (Fsp3) is 0.0667. The molecule has 4 rings (SSSR count). The predicted molar refractivity (Wildman–Crippen MR) is 82.6 cm³/mol. The first kappa shape index (κ1) is 12.2. The van der Waals surface area contributed by atoms with Gasteiger partial charge in [0.1, 0.15) is 4.83 Å². The highest BCUT2D eigenvalue weighted by Gasteiger charge is 2.16. The van der Waals surface area contributed by atoms with Crippen LogP contribution < -0.4 is 5.56 Å². The van der Waals surface area contributed by atoms with Crippen LogP contribution in [0.5, 0.6) is 0 Å². The molecule has 0 saturated heterocycles. The molecular weight excluding hydrogens is 286 g/mol. The van der Waals surface area contributed by atoms with Crippen LogP contribution in [0.15, 0.2) is 47.5 Å². The molecule has 21 heavy (non-hydrogen) atoms. The van der Waals surface area contributed by atoms with Crippen molar-refractivity contribution in [1.29, 1.82) is 0 Å². The first-order valence-electron chi connectivity index (χ1n) is 6.44. The Labute approximate surface area is 123 Å². The average Bonchev–Trinajstić information content (AvgIpc) is 3.07. The van der Waals surface area contributed by atoms with Crippen LogP contribution in [0.25, 0.3) is 26.8 Å². The number of benzene rings is 1. The molecule has 0 saturated carbocycles.